The van der Waals surface area contributed by atoms with Crippen LogP contribution in [-0.2, 0) is 6.54 Å². The Balaban J connectivity index is 1.65. The lowest BCUT2D eigenvalue weighted by Crippen LogP contribution is -2.19. The summed E-state index contributed by atoms with van der Waals surface area (Å²) in [5.74, 6) is 0.945. The summed E-state index contributed by atoms with van der Waals surface area (Å²) in [5, 5.41) is 8.19. The van der Waals surface area contributed by atoms with Gasteiger partial charge >= 0.3 is 0 Å². The van der Waals surface area contributed by atoms with E-state index in [-0.39, 0.29) is 5.69 Å². The Morgan fingerprint density at radius 2 is 2.04 bits per heavy atom. The first-order valence-electron chi connectivity index (χ1n) is 7.38. The third kappa shape index (κ3) is 4.67. The Morgan fingerprint density at radius 1 is 1.28 bits per heavy atom. The molecule has 0 spiro atoms. The Bertz CT molecular complexity index is 913. The third-order valence-corrected chi connectivity index (χ3v) is 4.42. The van der Waals surface area contributed by atoms with Crippen LogP contribution in [0.25, 0.3) is 0 Å². The van der Waals surface area contributed by atoms with Crippen molar-refractivity contribution in [3.8, 4) is 0 Å². The quantitative estimate of drug-likeness (QED) is 0.455. The van der Waals surface area contributed by atoms with E-state index in [1.165, 1.54) is 6.21 Å². The summed E-state index contributed by atoms with van der Waals surface area (Å²) in [4.78, 5) is 12.2. The standard InChI is InChI=1S/C17H14Br2N4O2/c1-11-2-7-14(25-11)8-20-21-17(24)16-15(19)10-23(22-16)9-12-3-5-13(18)6-4-12/h2-8,10H,9H2,1H3,(H,21,24). The molecular weight excluding hydrogens is 452 g/mol. The van der Waals surface area contributed by atoms with E-state index in [4.69, 9.17) is 4.42 Å². The molecule has 0 aliphatic heterocycles. The van der Waals surface area contributed by atoms with Gasteiger partial charge < -0.3 is 4.42 Å². The molecule has 3 aromatic rings. The van der Waals surface area contributed by atoms with Gasteiger partial charge in [0.1, 0.15) is 11.5 Å². The zero-order valence-corrected chi connectivity index (χ0v) is 16.4. The minimum absolute atomic E-state index is 0.268. The Labute approximate surface area is 161 Å². The molecule has 0 aliphatic carbocycles. The van der Waals surface area contributed by atoms with Gasteiger partial charge in [0.05, 0.1) is 17.2 Å². The molecule has 2 heterocycles. The smallest absolute Gasteiger partial charge is 0.293 e. The second-order valence-electron chi connectivity index (χ2n) is 5.30. The van der Waals surface area contributed by atoms with E-state index in [0.29, 0.717) is 16.8 Å². The van der Waals surface area contributed by atoms with Crippen molar-refractivity contribution in [3.63, 3.8) is 0 Å². The van der Waals surface area contributed by atoms with Gasteiger partial charge in [-0.3, -0.25) is 9.48 Å². The third-order valence-electron chi connectivity index (χ3n) is 3.31. The SMILES string of the molecule is Cc1ccc(C=NNC(=O)c2nn(Cc3ccc(Br)cc3)cc2Br)o1. The summed E-state index contributed by atoms with van der Waals surface area (Å²) in [6.45, 7) is 2.40. The summed E-state index contributed by atoms with van der Waals surface area (Å²) >= 11 is 6.77. The molecule has 1 N–H and O–H groups in total. The van der Waals surface area contributed by atoms with Gasteiger partial charge in [0.25, 0.3) is 5.91 Å². The highest BCUT2D eigenvalue weighted by atomic mass is 79.9. The highest BCUT2D eigenvalue weighted by Crippen LogP contribution is 2.17. The molecule has 3 rings (SSSR count). The van der Waals surface area contributed by atoms with Crippen LogP contribution in [0.5, 0.6) is 0 Å². The predicted octanol–water partition coefficient (Wildman–Crippen LogP) is 4.12. The fourth-order valence-corrected chi connectivity index (χ4v) is 2.90. The second-order valence-corrected chi connectivity index (χ2v) is 7.07. The number of nitrogens with zero attached hydrogens (tertiary/aromatic N) is 3. The van der Waals surface area contributed by atoms with E-state index >= 15 is 0 Å². The van der Waals surface area contributed by atoms with Crippen LogP contribution in [0.15, 0.2) is 61.1 Å². The molecule has 128 valence electrons. The zero-order valence-electron chi connectivity index (χ0n) is 13.2. The normalized spacial score (nSPS) is 11.2. The Hall–Kier alpha value is -2.19. The number of carbonyl (C=O) groups is 1. The van der Waals surface area contributed by atoms with Gasteiger partial charge in [-0.1, -0.05) is 28.1 Å². The summed E-state index contributed by atoms with van der Waals surface area (Å²) in [7, 11) is 0. The first-order valence-corrected chi connectivity index (χ1v) is 8.97. The minimum atomic E-state index is -0.402. The molecule has 0 unspecified atom stereocenters. The average Bonchev–Trinajstić information content (AvgIpc) is 3.15. The van der Waals surface area contributed by atoms with Crippen molar-refractivity contribution in [2.24, 2.45) is 5.10 Å². The number of aryl methyl sites for hydroxylation is 1. The lowest BCUT2D eigenvalue weighted by molar-refractivity contribution is 0.0948. The molecule has 1 amide bonds. The molecule has 2 aromatic heterocycles. The molecule has 0 saturated heterocycles. The number of amides is 1. The van der Waals surface area contributed by atoms with Crippen molar-refractivity contribution >= 4 is 44.0 Å². The topological polar surface area (TPSA) is 72.4 Å². The fraction of sp³-hybridized carbons (Fsp3) is 0.118. The molecular formula is C17H14Br2N4O2. The lowest BCUT2D eigenvalue weighted by Gasteiger charge is -2.01. The van der Waals surface area contributed by atoms with Crippen LogP contribution in [0.3, 0.4) is 0 Å². The van der Waals surface area contributed by atoms with E-state index in [0.717, 1.165) is 15.8 Å². The van der Waals surface area contributed by atoms with Crippen LogP contribution in [-0.4, -0.2) is 21.9 Å². The zero-order chi connectivity index (χ0) is 17.8. The number of hydrazone groups is 1. The summed E-state index contributed by atoms with van der Waals surface area (Å²) in [6, 6.07) is 11.5. The van der Waals surface area contributed by atoms with Gasteiger partial charge in [0.15, 0.2) is 5.69 Å². The van der Waals surface area contributed by atoms with Crippen LogP contribution in [0, 0.1) is 6.92 Å². The van der Waals surface area contributed by atoms with Gasteiger partial charge in [-0.25, -0.2) is 5.43 Å². The van der Waals surface area contributed by atoms with E-state index in [9.17, 15) is 4.79 Å². The van der Waals surface area contributed by atoms with Crippen molar-refractivity contribution in [3.05, 3.63) is 74.3 Å². The first kappa shape index (κ1) is 17.6. The monoisotopic (exact) mass is 464 g/mol. The van der Waals surface area contributed by atoms with Crippen molar-refractivity contribution < 1.29 is 9.21 Å². The highest BCUT2D eigenvalue weighted by molar-refractivity contribution is 9.10. The molecule has 0 bridgehead atoms. The summed E-state index contributed by atoms with van der Waals surface area (Å²) in [5.41, 5.74) is 3.79. The van der Waals surface area contributed by atoms with Crippen molar-refractivity contribution in [1.82, 2.24) is 15.2 Å². The fourth-order valence-electron chi connectivity index (χ4n) is 2.14. The molecule has 0 saturated carbocycles. The number of benzene rings is 1. The maximum absolute atomic E-state index is 12.2. The summed E-state index contributed by atoms with van der Waals surface area (Å²) < 4.78 is 8.66. The summed E-state index contributed by atoms with van der Waals surface area (Å²) in [6.07, 6.45) is 3.20. The van der Waals surface area contributed by atoms with Gasteiger partial charge in [0.2, 0.25) is 0 Å². The second kappa shape index (κ2) is 7.79. The molecule has 25 heavy (non-hydrogen) atoms. The maximum atomic E-state index is 12.2. The van der Waals surface area contributed by atoms with Gasteiger partial charge in [-0.05, 0) is 52.7 Å². The van der Waals surface area contributed by atoms with Gasteiger partial charge in [0, 0.05) is 10.7 Å². The number of carbonyl (C=O) groups excluding carboxylic acids is 1. The molecule has 6 nitrogen and oxygen atoms in total. The first-order chi connectivity index (χ1) is 12.0. The molecule has 0 radical (unpaired) electrons. The van der Waals surface area contributed by atoms with Gasteiger partial charge in [-0.2, -0.15) is 10.2 Å². The Kier molecular flexibility index (Phi) is 5.50. The van der Waals surface area contributed by atoms with Crippen LogP contribution in [0.1, 0.15) is 27.6 Å². The van der Waals surface area contributed by atoms with Crippen LogP contribution < -0.4 is 5.43 Å². The largest absolute Gasteiger partial charge is 0.460 e. The Morgan fingerprint density at radius 3 is 2.72 bits per heavy atom. The number of hydrogen-bond donors (Lipinski definition) is 1. The number of hydrogen-bond acceptors (Lipinski definition) is 4. The average molecular weight is 466 g/mol. The van der Waals surface area contributed by atoms with Crippen molar-refractivity contribution in [2.75, 3.05) is 0 Å². The number of nitrogens with one attached hydrogen (secondary N) is 1. The highest BCUT2D eigenvalue weighted by Gasteiger charge is 2.15. The van der Waals surface area contributed by atoms with Gasteiger partial charge in [-0.15, -0.1) is 0 Å². The molecule has 0 atom stereocenters. The minimum Gasteiger partial charge on any atom is -0.460 e. The van der Waals surface area contributed by atoms with E-state index in [2.05, 4.69) is 47.5 Å². The molecule has 8 heteroatoms. The van der Waals surface area contributed by atoms with Crippen LogP contribution in [0.2, 0.25) is 0 Å². The molecule has 0 fully saturated rings. The number of furan rings is 1. The lowest BCUT2D eigenvalue weighted by atomic mass is 10.2. The van der Waals surface area contributed by atoms with E-state index in [1.807, 2.05) is 37.3 Å². The number of aromatic nitrogens is 2. The van der Waals surface area contributed by atoms with E-state index < -0.39 is 5.91 Å². The van der Waals surface area contributed by atoms with Crippen molar-refractivity contribution in [1.29, 1.82) is 0 Å². The van der Waals surface area contributed by atoms with E-state index in [1.54, 1.807) is 16.9 Å². The number of rotatable bonds is 5. The molecule has 0 aliphatic rings. The maximum Gasteiger partial charge on any atom is 0.293 e. The molecule has 1 aromatic carbocycles. The van der Waals surface area contributed by atoms with Crippen LogP contribution in [0.4, 0.5) is 0 Å². The van der Waals surface area contributed by atoms with Crippen molar-refractivity contribution in [2.45, 2.75) is 13.5 Å². The van der Waals surface area contributed by atoms with Crippen LogP contribution >= 0.6 is 31.9 Å². The number of halogens is 2. The predicted molar refractivity (Wildman–Crippen MR) is 102 cm³/mol.